The van der Waals surface area contributed by atoms with E-state index in [0.29, 0.717) is 22.9 Å². The molecule has 1 aromatic carbocycles. The first-order chi connectivity index (χ1) is 13.5. The Morgan fingerprint density at radius 2 is 1.62 bits per heavy atom. The van der Waals surface area contributed by atoms with Crippen molar-refractivity contribution in [1.29, 1.82) is 0 Å². The van der Waals surface area contributed by atoms with Crippen molar-refractivity contribution in [2.75, 3.05) is 6.54 Å². The Kier molecular flexibility index (Phi) is 8.98. The number of aromatic nitrogens is 1. The van der Waals surface area contributed by atoms with Gasteiger partial charge in [-0.15, -0.1) is 0 Å². The first kappa shape index (κ1) is 24.3. The molecule has 0 amide bonds. The lowest BCUT2D eigenvalue weighted by atomic mass is 9.98. The van der Waals surface area contributed by atoms with Crippen molar-refractivity contribution in [3.8, 4) is 0 Å². The second kappa shape index (κ2) is 10.7. The fraction of sp³-hybridized carbons (Fsp3) is 0.435. The topological polar surface area (TPSA) is 88.4 Å². The Balaban J connectivity index is 0.000000749. The largest absolute Gasteiger partial charge is 0.464 e. The van der Waals surface area contributed by atoms with Crippen LogP contribution < -0.4 is 10.9 Å². The van der Waals surface area contributed by atoms with Crippen molar-refractivity contribution >= 4 is 11.9 Å². The number of carboxylic acid groups (broad SMARTS) is 1. The van der Waals surface area contributed by atoms with Crippen LogP contribution in [0.4, 0.5) is 4.79 Å². The highest BCUT2D eigenvalue weighted by atomic mass is 16.4. The molecule has 0 fully saturated rings. The van der Waals surface area contributed by atoms with E-state index in [1.165, 1.54) is 19.1 Å². The van der Waals surface area contributed by atoms with E-state index in [0.717, 1.165) is 5.56 Å². The molecular weight excluding hydrogens is 368 g/mol. The summed E-state index contributed by atoms with van der Waals surface area (Å²) < 4.78 is 0.596. The van der Waals surface area contributed by atoms with Gasteiger partial charge in [-0.05, 0) is 43.0 Å². The molecule has 0 radical (unpaired) electrons. The Bertz CT molecular complexity index is 874. The van der Waals surface area contributed by atoms with Crippen molar-refractivity contribution in [2.45, 2.75) is 54.0 Å². The third kappa shape index (κ3) is 8.03. The number of likely N-dealkylation sites (N-methyl/N-ethyl adjacent to an activating group) is 1. The molecule has 0 aliphatic heterocycles. The lowest BCUT2D eigenvalue weighted by Gasteiger charge is -2.17. The van der Waals surface area contributed by atoms with Gasteiger partial charge >= 0.3 is 6.09 Å². The van der Waals surface area contributed by atoms with Gasteiger partial charge in [-0.25, -0.2) is 9.36 Å². The van der Waals surface area contributed by atoms with E-state index in [1.807, 2.05) is 37.3 Å². The number of hydrogen-bond donors (Lipinski definition) is 2. The molecule has 0 saturated heterocycles. The molecule has 0 spiro atoms. The molecule has 6 heteroatoms. The molecule has 1 atom stereocenters. The molecule has 2 aromatic rings. The van der Waals surface area contributed by atoms with E-state index in [-0.39, 0.29) is 11.3 Å². The summed E-state index contributed by atoms with van der Waals surface area (Å²) in [6.45, 7) is 12.7. The molecule has 0 bridgehead atoms. The number of Topliss-reactive ketones (excluding diaryl/α,β-unsaturated/α-hetero) is 1. The second-order valence-electron chi connectivity index (χ2n) is 8.48. The van der Waals surface area contributed by atoms with Crippen molar-refractivity contribution < 1.29 is 14.7 Å². The van der Waals surface area contributed by atoms with Crippen molar-refractivity contribution in [1.82, 2.24) is 9.88 Å². The maximum Gasteiger partial charge on any atom is 0.418 e. The van der Waals surface area contributed by atoms with Gasteiger partial charge in [-0.1, -0.05) is 65.0 Å². The number of rotatable bonds is 6. The normalized spacial score (nSPS) is 11.9. The predicted octanol–water partition coefficient (Wildman–Crippen LogP) is 4.14. The van der Waals surface area contributed by atoms with Gasteiger partial charge in [0.1, 0.15) is 0 Å². The van der Waals surface area contributed by atoms with Crippen LogP contribution in [0, 0.1) is 12.3 Å². The standard InChI is InChI=1S/C18H20N2O4.C5H12/c1-3-19-15(11-13-7-5-4-6-8-13)16(21)14-10-9-12(2)20(17(14)22)18(23)24;1-5(2,3)4/h4-10,15,19H,3,11H2,1-2H3,(H,23,24);1-4H3. The number of nitrogens with zero attached hydrogens (tertiary/aromatic N) is 1. The molecule has 0 aliphatic carbocycles. The monoisotopic (exact) mass is 400 g/mol. The molecule has 158 valence electrons. The van der Waals surface area contributed by atoms with E-state index in [1.54, 1.807) is 0 Å². The first-order valence-corrected chi connectivity index (χ1v) is 9.73. The maximum absolute atomic E-state index is 12.8. The molecule has 1 heterocycles. The van der Waals surface area contributed by atoms with Gasteiger partial charge in [0, 0.05) is 5.69 Å². The smallest absolute Gasteiger partial charge is 0.418 e. The van der Waals surface area contributed by atoms with Crippen LogP contribution in [0.2, 0.25) is 0 Å². The van der Waals surface area contributed by atoms with Gasteiger partial charge in [-0.2, -0.15) is 0 Å². The summed E-state index contributed by atoms with van der Waals surface area (Å²) in [6, 6.07) is 11.7. The summed E-state index contributed by atoms with van der Waals surface area (Å²) in [5.74, 6) is -0.402. The lowest BCUT2D eigenvalue weighted by molar-refractivity contribution is 0.0941. The molecule has 1 unspecified atom stereocenters. The van der Waals surface area contributed by atoms with Crippen LogP contribution >= 0.6 is 0 Å². The maximum atomic E-state index is 12.8. The zero-order chi connectivity index (χ0) is 22.2. The van der Waals surface area contributed by atoms with Crippen LogP contribution in [-0.4, -0.2) is 34.1 Å². The molecule has 2 rings (SSSR count). The third-order valence-electron chi connectivity index (χ3n) is 3.78. The zero-order valence-corrected chi connectivity index (χ0v) is 18.2. The zero-order valence-electron chi connectivity index (χ0n) is 18.2. The lowest BCUT2D eigenvalue weighted by Crippen LogP contribution is -2.42. The SMILES string of the molecule is CC(C)(C)C.CCNC(Cc1ccccc1)C(=O)c1ccc(C)n(C(=O)O)c1=O. The summed E-state index contributed by atoms with van der Waals surface area (Å²) in [5.41, 5.74) is 0.808. The van der Waals surface area contributed by atoms with Gasteiger partial charge in [0.15, 0.2) is 5.78 Å². The van der Waals surface area contributed by atoms with Crippen molar-refractivity contribution in [2.24, 2.45) is 5.41 Å². The highest BCUT2D eigenvalue weighted by Crippen LogP contribution is 2.09. The highest BCUT2D eigenvalue weighted by Gasteiger charge is 2.24. The van der Waals surface area contributed by atoms with Crippen LogP contribution in [-0.2, 0) is 6.42 Å². The third-order valence-corrected chi connectivity index (χ3v) is 3.78. The fourth-order valence-electron chi connectivity index (χ4n) is 2.60. The number of aryl methyl sites for hydroxylation is 1. The summed E-state index contributed by atoms with van der Waals surface area (Å²) >= 11 is 0. The number of pyridine rings is 1. The Morgan fingerprint density at radius 1 is 1.07 bits per heavy atom. The molecule has 6 nitrogen and oxygen atoms in total. The number of nitrogens with one attached hydrogen (secondary N) is 1. The molecule has 0 aliphatic rings. The van der Waals surface area contributed by atoms with E-state index >= 15 is 0 Å². The van der Waals surface area contributed by atoms with E-state index in [9.17, 15) is 14.4 Å². The molecule has 0 saturated carbocycles. The summed E-state index contributed by atoms with van der Waals surface area (Å²) in [4.78, 5) is 36.4. The second-order valence-corrected chi connectivity index (χ2v) is 8.48. The van der Waals surface area contributed by atoms with Crippen molar-refractivity contribution in [3.05, 3.63) is 69.6 Å². The van der Waals surface area contributed by atoms with E-state index < -0.39 is 23.5 Å². The number of carbonyl (C=O) groups excluding carboxylic acids is 1. The fourth-order valence-corrected chi connectivity index (χ4v) is 2.60. The molecule has 2 N–H and O–H groups in total. The van der Waals surface area contributed by atoms with Crippen LogP contribution in [0.5, 0.6) is 0 Å². The minimum Gasteiger partial charge on any atom is -0.464 e. The Hall–Kier alpha value is -2.73. The minimum atomic E-state index is -1.39. The number of benzene rings is 1. The average molecular weight is 401 g/mol. The van der Waals surface area contributed by atoms with Crippen molar-refractivity contribution in [3.63, 3.8) is 0 Å². The summed E-state index contributed by atoms with van der Waals surface area (Å²) in [7, 11) is 0. The molecule has 1 aromatic heterocycles. The van der Waals surface area contributed by atoms with Crippen LogP contribution in [0.3, 0.4) is 0 Å². The van der Waals surface area contributed by atoms with Gasteiger partial charge in [0.2, 0.25) is 0 Å². The minimum absolute atomic E-state index is 0.120. The molecule has 29 heavy (non-hydrogen) atoms. The van der Waals surface area contributed by atoms with Gasteiger partial charge in [0.25, 0.3) is 5.56 Å². The van der Waals surface area contributed by atoms with Crippen LogP contribution in [0.1, 0.15) is 56.2 Å². The van der Waals surface area contributed by atoms with Gasteiger partial charge in [0.05, 0.1) is 11.6 Å². The van der Waals surface area contributed by atoms with E-state index in [2.05, 4.69) is 33.0 Å². The van der Waals surface area contributed by atoms with Crippen LogP contribution in [0.25, 0.3) is 0 Å². The Morgan fingerprint density at radius 3 is 2.10 bits per heavy atom. The number of hydrogen-bond acceptors (Lipinski definition) is 4. The highest BCUT2D eigenvalue weighted by molar-refractivity contribution is 6.00. The number of ketones is 1. The average Bonchev–Trinajstić information content (AvgIpc) is 2.60. The number of carbonyl (C=O) groups is 2. The summed E-state index contributed by atoms with van der Waals surface area (Å²) in [6.07, 6.45) is -0.969. The summed E-state index contributed by atoms with van der Waals surface area (Å²) in [5, 5.41) is 12.2. The Labute approximate surface area is 172 Å². The predicted molar refractivity (Wildman–Crippen MR) is 116 cm³/mol. The van der Waals surface area contributed by atoms with Gasteiger partial charge in [-0.3, -0.25) is 9.59 Å². The van der Waals surface area contributed by atoms with Crippen LogP contribution in [0.15, 0.2) is 47.3 Å². The van der Waals surface area contributed by atoms with Gasteiger partial charge < -0.3 is 10.4 Å². The molecular formula is C23H32N2O4. The first-order valence-electron chi connectivity index (χ1n) is 9.73. The van der Waals surface area contributed by atoms with E-state index in [4.69, 9.17) is 5.11 Å². The quantitative estimate of drug-likeness (QED) is 0.712.